The second-order valence-corrected chi connectivity index (χ2v) is 5.47. The van der Waals surface area contributed by atoms with E-state index in [-0.39, 0.29) is 0 Å². The van der Waals surface area contributed by atoms with E-state index in [1.54, 1.807) is 0 Å². The van der Waals surface area contributed by atoms with Gasteiger partial charge in [-0.1, -0.05) is 11.6 Å². The third kappa shape index (κ3) is 3.56. The Kier molecular flexibility index (Phi) is 4.78. The maximum Gasteiger partial charge on any atom is 0.138 e. The summed E-state index contributed by atoms with van der Waals surface area (Å²) in [6.07, 6.45) is 5.21. The first-order valence-corrected chi connectivity index (χ1v) is 7.05. The van der Waals surface area contributed by atoms with Gasteiger partial charge in [0.2, 0.25) is 0 Å². The van der Waals surface area contributed by atoms with Crippen molar-refractivity contribution in [1.82, 2.24) is 15.8 Å². The summed E-state index contributed by atoms with van der Waals surface area (Å²) >= 11 is 0. The number of piperidine rings is 1. The molecule has 4 heteroatoms. The van der Waals surface area contributed by atoms with Gasteiger partial charge in [0.15, 0.2) is 0 Å². The van der Waals surface area contributed by atoms with Crippen molar-refractivity contribution in [2.24, 2.45) is 0 Å². The third-order valence-electron chi connectivity index (χ3n) is 3.86. The van der Waals surface area contributed by atoms with Gasteiger partial charge in [0.1, 0.15) is 5.76 Å². The van der Waals surface area contributed by atoms with Gasteiger partial charge in [-0.25, -0.2) is 0 Å². The zero-order valence-electron chi connectivity index (χ0n) is 11.8. The highest BCUT2D eigenvalue weighted by molar-refractivity contribution is 5.20. The van der Waals surface area contributed by atoms with Crippen LogP contribution in [0.3, 0.4) is 0 Å². The van der Waals surface area contributed by atoms with E-state index in [0.717, 1.165) is 18.0 Å². The Balaban J connectivity index is 1.75. The van der Waals surface area contributed by atoms with Crippen LogP contribution >= 0.6 is 0 Å². The van der Waals surface area contributed by atoms with Gasteiger partial charge in [0.05, 0.1) is 5.69 Å². The van der Waals surface area contributed by atoms with Crippen LogP contribution < -0.4 is 10.6 Å². The lowest BCUT2D eigenvalue weighted by atomic mass is 9.98. The molecule has 1 aromatic heterocycles. The predicted octanol–water partition coefficient (Wildman–Crippen LogP) is 2.30. The first-order valence-electron chi connectivity index (χ1n) is 7.05. The predicted molar refractivity (Wildman–Crippen MR) is 72.5 cm³/mol. The summed E-state index contributed by atoms with van der Waals surface area (Å²) < 4.78 is 5.18. The largest absolute Gasteiger partial charge is 0.361 e. The van der Waals surface area contributed by atoms with Gasteiger partial charge in [0, 0.05) is 24.2 Å². The van der Waals surface area contributed by atoms with E-state index >= 15 is 0 Å². The Labute approximate surface area is 110 Å². The number of nitrogens with zero attached hydrogens (tertiary/aromatic N) is 1. The summed E-state index contributed by atoms with van der Waals surface area (Å²) in [5, 5.41) is 11.2. The van der Waals surface area contributed by atoms with Crippen molar-refractivity contribution in [3.63, 3.8) is 0 Å². The molecular formula is C14H25N3O. The molecule has 4 nitrogen and oxygen atoms in total. The Morgan fingerprint density at radius 2 is 2.28 bits per heavy atom. The van der Waals surface area contributed by atoms with E-state index in [4.69, 9.17) is 4.52 Å². The number of aromatic nitrogens is 1. The number of nitrogens with one attached hydrogen (secondary N) is 2. The van der Waals surface area contributed by atoms with Crippen molar-refractivity contribution >= 4 is 0 Å². The lowest BCUT2D eigenvalue weighted by Gasteiger charge is -2.26. The molecule has 2 rings (SSSR count). The molecule has 1 aliphatic rings. The monoisotopic (exact) mass is 251 g/mol. The zero-order chi connectivity index (χ0) is 13.0. The fourth-order valence-electron chi connectivity index (χ4n) is 2.67. The maximum absolute atomic E-state index is 5.18. The van der Waals surface area contributed by atoms with Crippen LogP contribution in [0.2, 0.25) is 0 Å². The summed E-state index contributed by atoms with van der Waals surface area (Å²) in [6, 6.07) is 1.21. The second kappa shape index (κ2) is 6.34. The average Bonchev–Trinajstić information content (AvgIpc) is 2.68. The topological polar surface area (TPSA) is 50.1 Å². The Hall–Kier alpha value is -0.870. The number of rotatable bonds is 5. The quantitative estimate of drug-likeness (QED) is 0.843. The zero-order valence-corrected chi connectivity index (χ0v) is 11.8. The molecule has 0 radical (unpaired) electrons. The molecule has 0 spiro atoms. The molecule has 1 fully saturated rings. The molecule has 2 N–H and O–H groups in total. The van der Waals surface area contributed by atoms with Crippen LogP contribution in [-0.4, -0.2) is 23.8 Å². The van der Waals surface area contributed by atoms with Gasteiger partial charge >= 0.3 is 0 Å². The van der Waals surface area contributed by atoms with Crippen molar-refractivity contribution in [3.8, 4) is 0 Å². The van der Waals surface area contributed by atoms with Crippen molar-refractivity contribution < 1.29 is 4.52 Å². The molecule has 0 amide bonds. The number of aryl methyl sites for hydroxylation is 2. The Morgan fingerprint density at radius 3 is 2.89 bits per heavy atom. The van der Waals surface area contributed by atoms with Crippen LogP contribution in [0.25, 0.3) is 0 Å². The first kappa shape index (κ1) is 13.6. The van der Waals surface area contributed by atoms with Crippen molar-refractivity contribution in [2.45, 2.75) is 65.1 Å². The SMILES string of the molecule is Cc1noc(C)c1CNC(C)CC1CCCCN1. The lowest BCUT2D eigenvalue weighted by Crippen LogP contribution is -2.39. The van der Waals surface area contributed by atoms with E-state index in [0.29, 0.717) is 12.1 Å². The number of hydrogen-bond donors (Lipinski definition) is 2. The van der Waals surface area contributed by atoms with Gasteiger partial charge in [-0.2, -0.15) is 0 Å². The molecule has 102 valence electrons. The molecule has 0 aliphatic carbocycles. The average molecular weight is 251 g/mol. The molecule has 1 aromatic rings. The van der Waals surface area contributed by atoms with Crippen molar-refractivity contribution in [1.29, 1.82) is 0 Å². The molecule has 0 aromatic carbocycles. The normalized spacial score (nSPS) is 22.1. The van der Waals surface area contributed by atoms with Gasteiger partial charge < -0.3 is 15.2 Å². The minimum Gasteiger partial charge on any atom is -0.361 e. The lowest BCUT2D eigenvalue weighted by molar-refractivity contribution is 0.344. The van der Waals surface area contributed by atoms with Crippen LogP contribution in [0, 0.1) is 13.8 Å². The molecule has 2 atom stereocenters. The molecule has 0 saturated carbocycles. The second-order valence-electron chi connectivity index (χ2n) is 5.47. The van der Waals surface area contributed by atoms with Gasteiger partial charge in [-0.05, 0) is 46.6 Å². The standard InChI is InChI=1S/C14H25N3O/c1-10(8-13-6-4-5-7-15-13)16-9-14-11(2)17-18-12(14)3/h10,13,15-16H,4-9H2,1-3H3. The van der Waals surface area contributed by atoms with Crippen molar-refractivity contribution in [2.75, 3.05) is 6.54 Å². The van der Waals surface area contributed by atoms with Crippen LogP contribution in [0.1, 0.15) is 49.6 Å². The molecule has 2 heterocycles. The molecule has 1 saturated heterocycles. The first-order chi connectivity index (χ1) is 8.66. The highest BCUT2D eigenvalue weighted by atomic mass is 16.5. The molecule has 18 heavy (non-hydrogen) atoms. The Bertz CT molecular complexity index is 350. The highest BCUT2D eigenvalue weighted by Crippen LogP contribution is 2.14. The van der Waals surface area contributed by atoms with Crippen LogP contribution in [-0.2, 0) is 6.54 Å². The van der Waals surface area contributed by atoms with Crippen LogP contribution in [0.4, 0.5) is 0 Å². The van der Waals surface area contributed by atoms with Crippen LogP contribution in [0.5, 0.6) is 0 Å². The molecular weight excluding hydrogens is 226 g/mol. The highest BCUT2D eigenvalue weighted by Gasteiger charge is 2.16. The van der Waals surface area contributed by atoms with E-state index in [9.17, 15) is 0 Å². The van der Waals surface area contributed by atoms with Gasteiger partial charge in [-0.3, -0.25) is 0 Å². The summed E-state index contributed by atoms with van der Waals surface area (Å²) in [5.41, 5.74) is 2.21. The van der Waals surface area contributed by atoms with Gasteiger partial charge in [0.25, 0.3) is 0 Å². The summed E-state index contributed by atoms with van der Waals surface area (Å²) in [4.78, 5) is 0. The minimum absolute atomic E-state index is 0.522. The summed E-state index contributed by atoms with van der Waals surface area (Å²) in [6.45, 7) is 8.27. The van der Waals surface area contributed by atoms with Gasteiger partial charge in [-0.15, -0.1) is 0 Å². The fraction of sp³-hybridized carbons (Fsp3) is 0.786. The summed E-state index contributed by atoms with van der Waals surface area (Å²) in [5.74, 6) is 0.933. The molecule has 1 aliphatic heterocycles. The van der Waals surface area contributed by atoms with E-state index in [1.165, 1.54) is 37.8 Å². The fourth-order valence-corrected chi connectivity index (χ4v) is 2.67. The minimum atomic E-state index is 0.522. The van der Waals surface area contributed by atoms with E-state index < -0.39 is 0 Å². The molecule has 0 bridgehead atoms. The maximum atomic E-state index is 5.18. The number of hydrogen-bond acceptors (Lipinski definition) is 4. The van der Waals surface area contributed by atoms with E-state index in [2.05, 4.69) is 22.7 Å². The molecule has 2 unspecified atom stereocenters. The van der Waals surface area contributed by atoms with E-state index in [1.807, 2.05) is 13.8 Å². The third-order valence-corrected chi connectivity index (χ3v) is 3.86. The smallest absolute Gasteiger partial charge is 0.138 e. The van der Waals surface area contributed by atoms with Crippen LogP contribution in [0.15, 0.2) is 4.52 Å². The summed E-state index contributed by atoms with van der Waals surface area (Å²) in [7, 11) is 0. The van der Waals surface area contributed by atoms with Crippen molar-refractivity contribution in [3.05, 3.63) is 17.0 Å². The Morgan fingerprint density at radius 1 is 1.44 bits per heavy atom.